The molecule has 2 amide bonds. The summed E-state index contributed by atoms with van der Waals surface area (Å²) >= 11 is 0. The van der Waals surface area contributed by atoms with Crippen LogP contribution in [0.1, 0.15) is 53.2 Å². The number of ether oxygens (including phenoxy) is 2. The number of hydrogen-bond acceptors (Lipinski definition) is 6. The van der Waals surface area contributed by atoms with Gasteiger partial charge in [-0.1, -0.05) is 56.3 Å². The lowest BCUT2D eigenvalue weighted by atomic mass is 10.1. The molecule has 8 nitrogen and oxygen atoms in total. The number of alkyl carbamates (subject to hydrolysis) is 1. The van der Waals surface area contributed by atoms with Crippen molar-refractivity contribution < 1.29 is 19.1 Å². The molecule has 2 atom stereocenters. The molecule has 0 heterocycles. The van der Waals surface area contributed by atoms with Crippen molar-refractivity contribution >= 4 is 23.4 Å². The Hall–Kier alpha value is -4.04. The molecule has 194 valence electrons. The predicted octanol–water partition coefficient (Wildman–Crippen LogP) is 4.81. The molecule has 1 aliphatic carbocycles. The number of rotatable bonds is 10. The lowest BCUT2D eigenvalue weighted by Crippen LogP contribution is -2.25. The molecular weight excluding hydrogens is 468 g/mol. The molecule has 4 rings (SSSR count). The summed E-state index contributed by atoms with van der Waals surface area (Å²) in [5.41, 5.74) is 10.3. The first-order valence-electron chi connectivity index (χ1n) is 12.4. The summed E-state index contributed by atoms with van der Waals surface area (Å²) in [5, 5.41) is 9.09. The Kier molecular flexibility index (Phi) is 8.30. The Balaban J connectivity index is 1.25. The van der Waals surface area contributed by atoms with Gasteiger partial charge in [0.25, 0.3) is 5.91 Å². The zero-order valence-electron chi connectivity index (χ0n) is 21.4. The average molecular weight is 503 g/mol. The summed E-state index contributed by atoms with van der Waals surface area (Å²) in [6.45, 7) is 4.74. The molecule has 0 aromatic heterocycles. The van der Waals surface area contributed by atoms with E-state index < -0.39 is 6.09 Å². The Bertz CT molecular complexity index is 1240. The summed E-state index contributed by atoms with van der Waals surface area (Å²) in [6.07, 6.45) is 0.641. The smallest absolute Gasteiger partial charge is 0.407 e. The first kappa shape index (κ1) is 26.0. The zero-order chi connectivity index (χ0) is 26.4. The quantitative estimate of drug-likeness (QED) is 0.296. The highest BCUT2D eigenvalue weighted by Gasteiger charge is 2.38. The van der Waals surface area contributed by atoms with Crippen LogP contribution in [-0.4, -0.2) is 31.2 Å². The minimum Gasteiger partial charge on any atom is -0.496 e. The number of hydrogen-bond donors (Lipinski definition) is 4. The first-order chi connectivity index (χ1) is 17.8. The van der Waals surface area contributed by atoms with Crippen LogP contribution in [0.4, 0.5) is 16.2 Å². The summed E-state index contributed by atoms with van der Waals surface area (Å²) in [5.74, 6) is 0.612. The van der Waals surface area contributed by atoms with Gasteiger partial charge >= 0.3 is 6.09 Å². The number of benzene rings is 3. The van der Waals surface area contributed by atoms with Crippen LogP contribution in [-0.2, 0) is 17.9 Å². The molecule has 0 aliphatic heterocycles. The third kappa shape index (κ3) is 7.01. The van der Waals surface area contributed by atoms with E-state index in [9.17, 15) is 9.59 Å². The van der Waals surface area contributed by atoms with Crippen molar-refractivity contribution in [3.05, 3.63) is 89.0 Å². The van der Waals surface area contributed by atoms with Crippen molar-refractivity contribution in [2.75, 3.05) is 18.2 Å². The van der Waals surface area contributed by atoms with Gasteiger partial charge in [0.05, 0.1) is 24.0 Å². The van der Waals surface area contributed by atoms with E-state index in [1.807, 2.05) is 12.1 Å². The fourth-order valence-corrected chi connectivity index (χ4v) is 4.24. The first-order valence-corrected chi connectivity index (χ1v) is 12.4. The van der Waals surface area contributed by atoms with E-state index in [0.29, 0.717) is 40.7 Å². The molecule has 8 heteroatoms. The molecule has 37 heavy (non-hydrogen) atoms. The van der Waals surface area contributed by atoms with E-state index in [2.05, 4.69) is 41.9 Å². The maximum Gasteiger partial charge on any atom is 0.407 e. The molecule has 0 saturated heterocycles. The van der Waals surface area contributed by atoms with Gasteiger partial charge < -0.3 is 31.2 Å². The second-order valence-electron chi connectivity index (χ2n) is 9.52. The number of carbonyl (C=O) groups is 2. The molecule has 5 N–H and O–H groups in total. The topological polar surface area (TPSA) is 115 Å². The minimum atomic E-state index is -0.521. The van der Waals surface area contributed by atoms with E-state index >= 15 is 0 Å². The Labute approximate surface area is 217 Å². The molecule has 0 bridgehead atoms. The van der Waals surface area contributed by atoms with Gasteiger partial charge in [-0.3, -0.25) is 4.79 Å². The van der Waals surface area contributed by atoms with Crippen molar-refractivity contribution in [2.45, 2.75) is 51.4 Å². The molecule has 0 radical (unpaired) electrons. The number of para-hydroxylation sites is 2. The summed E-state index contributed by atoms with van der Waals surface area (Å²) in [7, 11) is 1.49. The van der Waals surface area contributed by atoms with Gasteiger partial charge in [-0.15, -0.1) is 0 Å². The SMILES string of the molecule is COc1cc(CNC(=O)OCc2ccc(C3CC3NC(C)C)cc2)ccc1C(=O)Nc1ccccc1N. The highest BCUT2D eigenvalue weighted by Crippen LogP contribution is 2.41. The Morgan fingerprint density at radius 1 is 1.03 bits per heavy atom. The molecular formula is C29H34N4O4. The number of nitrogens with two attached hydrogens (primary N) is 1. The van der Waals surface area contributed by atoms with Crippen LogP contribution in [0, 0.1) is 0 Å². The average Bonchev–Trinajstić information content (AvgIpc) is 3.65. The van der Waals surface area contributed by atoms with Gasteiger partial charge in [0.2, 0.25) is 0 Å². The minimum absolute atomic E-state index is 0.190. The molecule has 1 saturated carbocycles. The third-order valence-electron chi connectivity index (χ3n) is 6.27. The lowest BCUT2D eigenvalue weighted by molar-refractivity contribution is 0.102. The van der Waals surface area contributed by atoms with Crippen molar-refractivity contribution in [3.8, 4) is 5.75 Å². The Morgan fingerprint density at radius 3 is 2.46 bits per heavy atom. The van der Waals surface area contributed by atoms with Crippen LogP contribution in [0.15, 0.2) is 66.7 Å². The van der Waals surface area contributed by atoms with Crippen LogP contribution in [0.5, 0.6) is 5.75 Å². The number of methoxy groups -OCH3 is 1. The summed E-state index contributed by atoms with van der Waals surface area (Å²) in [4.78, 5) is 25.0. The number of nitrogens with one attached hydrogen (secondary N) is 3. The van der Waals surface area contributed by atoms with Gasteiger partial charge in [0.15, 0.2) is 0 Å². The van der Waals surface area contributed by atoms with Gasteiger partial charge in [-0.05, 0) is 47.4 Å². The van der Waals surface area contributed by atoms with Crippen LogP contribution in [0.2, 0.25) is 0 Å². The number of carbonyl (C=O) groups excluding carboxylic acids is 2. The standard InChI is InChI=1S/C29H34N4O4/c1-18(2)32-26-15-23(26)21-11-8-19(9-12-21)17-37-29(35)31-16-20-10-13-22(27(14-20)36-3)28(34)33-25-7-5-4-6-24(25)30/h4-14,18,23,26,32H,15-17,30H2,1-3H3,(H,31,35)(H,33,34). The zero-order valence-corrected chi connectivity index (χ0v) is 21.4. The second kappa shape index (κ2) is 11.8. The molecule has 2 unspecified atom stereocenters. The van der Waals surface area contributed by atoms with E-state index in [1.165, 1.54) is 12.7 Å². The van der Waals surface area contributed by atoms with E-state index in [-0.39, 0.29) is 19.1 Å². The van der Waals surface area contributed by atoms with Crippen LogP contribution in [0.3, 0.4) is 0 Å². The highest BCUT2D eigenvalue weighted by atomic mass is 16.5. The van der Waals surface area contributed by atoms with Crippen molar-refractivity contribution in [1.29, 1.82) is 0 Å². The van der Waals surface area contributed by atoms with Gasteiger partial charge in [0, 0.05) is 24.5 Å². The van der Waals surface area contributed by atoms with Crippen LogP contribution >= 0.6 is 0 Å². The molecule has 3 aromatic rings. The van der Waals surface area contributed by atoms with Gasteiger partial charge in [-0.25, -0.2) is 4.79 Å². The normalized spacial score (nSPS) is 16.2. The predicted molar refractivity (Wildman–Crippen MR) is 145 cm³/mol. The Morgan fingerprint density at radius 2 is 1.76 bits per heavy atom. The van der Waals surface area contributed by atoms with Gasteiger partial charge in [0.1, 0.15) is 12.4 Å². The van der Waals surface area contributed by atoms with E-state index in [0.717, 1.165) is 17.5 Å². The maximum absolute atomic E-state index is 12.7. The fourth-order valence-electron chi connectivity index (χ4n) is 4.24. The van der Waals surface area contributed by atoms with Crippen LogP contribution < -0.4 is 26.4 Å². The van der Waals surface area contributed by atoms with E-state index in [1.54, 1.807) is 42.5 Å². The maximum atomic E-state index is 12.7. The highest BCUT2D eigenvalue weighted by molar-refractivity contribution is 6.07. The summed E-state index contributed by atoms with van der Waals surface area (Å²) < 4.78 is 10.8. The lowest BCUT2D eigenvalue weighted by Gasteiger charge is -2.13. The monoisotopic (exact) mass is 502 g/mol. The number of nitrogen functional groups attached to an aromatic ring is 1. The molecule has 1 aliphatic rings. The summed E-state index contributed by atoms with van der Waals surface area (Å²) in [6, 6.07) is 21.4. The number of amides is 2. The fraction of sp³-hybridized carbons (Fsp3) is 0.310. The molecule has 0 spiro atoms. The second-order valence-corrected chi connectivity index (χ2v) is 9.52. The molecule has 3 aromatic carbocycles. The van der Waals surface area contributed by atoms with Crippen molar-refractivity contribution in [2.24, 2.45) is 0 Å². The van der Waals surface area contributed by atoms with Gasteiger partial charge in [-0.2, -0.15) is 0 Å². The largest absolute Gasteiger partial charge is 0.496 e. The van der Waals surface area contributed by atoms with Crippen molar-refractivity contribution in [1.82, 2.24) is 10.6 Å². The van der Waals surface area contributed by atoms with Crippen LogP contribution in [0.25, 0.3) is 0 Å². The van der Waals surface area contributed by atoms with Crippen molar-refractivity contribution in [3.63, 3.8) is 0 Å². The number of anilines is 2. The third-order valence-corrected chi connectivity index (χ3v) is 6.27. The van der Waals surface area contributed by atoms with E-state index in [4.69, 9.17) is 15.2 Å². The molecule has 1 fully saturated rings.